The van der Waals surface area contributed by atoms with Crippen LogP contribution >= 0.6 is 23.1 Å². The second kappa shape index (κ2) is 5.14. The second-order valence-corrected chi connectivity index (χ2v) is 6.10. The molecular formula is C12H8N4O2S2. The first-order chi connectivity index (χ1) is 9.63. The van der Waals surface area contributed by atoms with E-state index in [0.29, 0.717) is 15.2 Å². The highest BCUT2D eigenvalue weighted by atomic mass is 32.2. The van der Waals surface area contributed by atoms with Gasteiger partial charge in [-0.1, -0.05) is 23.5 Å². The van der Waals surface area contributed by atoms with Crippen LogP contribution in [0.1, 0.15) is 15.4 Å². The molecule has 0 aliphatic rings. The molecule has 8 heteroatoms. The fourth-order valence-electron chi connectivity index (χ4n) is 1.60. The fourth-order valence-corrected chi connectivity index (χ4v) is 3.44. The molecule has 0 bridgehead atoms. The van der Waals surface area contributed by atoms with Crippen LogP contribution in [0.5, 0.6) is 0 Å². The molecule has 2 heterocycles. The summed E-state index contributed by atoms with van der Waals surface area (Å²) in [6.07, 6.45) is 0. The van der Waals surface area contributed by atoms with E-state index in [1.165, 1.54) is 11.8 Å². The molecule has 6 nitrogen and oxygen atoms in total. The molecule has 2 aromatic heterocycles. The Balaban J connectivity index is 1.92. The van der Waals surface area contributed by atoms with Gasteiger partial charge in [0.05, 0.1) is 11.2 Å². The van der Waals surface area contributed by atoms with Crippen LogP contribution in [0.25, 0.3) is 11.0 Å². The summed E-state index contributed by atoms with van der Waals surface area (Å²) in [5.74, 6) is -0.968. The lowest BCUT2D eigenvalue weighted by Gasteiger charge is -1.97. The van der Waals surface area contributed by atoms with Gasteiger partial charge in [-0.25, -0.2) is 14.8 Å². The van der Waals surface area contributed by atoms with Gasteiger partial charge in [0.2, 0.25) is 5.16 Å². The first kappa shape index (κ1) is 12.9. The first-order valence-corrected chi connectivity index (χ1v) is 7.25. The molecular weight excluding hydrogens is 296 g/mol. The summed E-state index contributed by atoms with van der Waals surface area (Å²) in [6, 6.07) is 7.43. The number of hydrogen-bond donors (Lipinski definition) is 1. The number of rotatable bonds is 3. The van der Waals surface area contributed by atoms with E-state index in [1.54, 1.807) is 6.92 Å². The van der Waals surface area contributed by atoms with Gasteiger partial charge < -0.3 is 5.11 Å². The molecule has 3 rings (SSSR count). The van der Waals surface area contributed by atoms with E-state index in [1.807, 2.05) is 24.3 Å². The summed E-state index contributed by atoms with van der Waals surface area (Å²) in [7, 11) is 0. The highest BCUT2D eigenvalue weighted by Gasteiger charge is 2.15. The van der Waals surface area contributed by atoms with Gasteiger partial charge in [0.15, 0.2) is 4.34 Å². The number of aromatic carboxylic acids is 1. The number of nitrogens with zero attached hydrogens (tertiary/aromatic N) is 4. The molecule has 0 fully saturated rings. The van der Waals surface area contributed by atoms with Crippen LogP contribution < -0.4 is 0 Å². The Morgan fingerprint density at radius 3 is 2.65 bits per heavy atom. The minimum Gasteiger partial charge on any atom is -0.477 e. The van der Waals surface area contributed by atoms with E-state index in [4.69, 9.17) is 5.11 Å². The molecule has 1 aromatic carbocycles. The third kappa shape index (κ3) is 2.47. The van der Waals surface area contributed by atoms with E-state index < -0.39 is 5.97 Å². The standard InChI is InChI=1S/C12H8N4O2S2/c1-6-9(10(17)18)19-12(13-6)20-11-14-7-4-2-3-5-8(7)15-16-11/h2-5H,1H3,(H,17,18). The van der Waals surface area contributed by atoms with E-state index in [-0.39, 0.29) is 4.88 Å². The number of thiazole rings is 1. The molecule has 0 spiro atoms. The number of para-hydroxylation sites is 1. The van der Waals surface area contributed by atoms with Crippen molar-refractivity contribution in [3.63, 3.8) is 0 Å². The highest BCUT2D eigenvalue weighted by Crippen LogP contribution is 2.31. The predicted octanol–water partition coefficient (Wildman–Crippen LogP) is 2.64. The Morgan fingerprint density at radius 1 is 1.20 bits per heavy atom. The van der Waals surface area contributed by atoms with Crippen molar-refractivity contribution in [2.75, 3.05) is 0 Å². The van der Waals surface area contributed by atoms with Gasteiger partial charge >= 0.3 is 5.97 Å². The molecule has 0 aliphatic heterocycles. The van der Waals surface area contributed by atoms with Gasteiger partial charge in [0.1, 0.15) is 10.4 Å². The Hall–Kier alpha value is -2.06. The van der Waals surface area contributed by atoms with Crippen molar-refractivity contribution in [1.82, 2.24) is 20.2 Å². The number of carbonyl (C=O) groups is 1. The monoisotopic (exact) mass is 304 g/mol. The smallest absolute Gasteiger partial charge is 0.347 e. The maximum atomic E-state index is 11.0. The Morgan fingerprint density at radius 2 is 1.95 bits per heavy atom. The molecule has 3 aromatic rings. The van der Waals surface area contributed by atoms with E-state index in [0.717, 1.165) is 22.4 Å². The van der Waals surface area contributed by atoms with Crippen LogP contribution in [0.3, 0.4) is 0 Å². The molecule has 0 radical (unpaired) electrons. The van der Waals surface area contributed by atoms with Gasteiger partial charge in [-0.3, -0.25) is 0 Å². The quantitative estimate of drug-likeness (QED) is 0.795. The predicted molar refractivity (Wildman–Crippen MR) is 75.3 cm³/mol. The molecule has 100 valence electrons. The van der Waals surface area contributed by atoms with Crippen molar-refractivity contribution in [1.29, 1.82) is 0 Å². The zero-order valence-corrected chi connectivity index (χ0v) is 11.9. The summed E-state index contributed by atoms with van der Waals surface area (Å²) in [5, 5.41) is 17.5. The Kier molecular flexibility index (Phi) is 3.33. The molecule has 0 aliphatic carbocycles. The van der Waals surface area contributed by atoms with Crippen LogP contribution in [0.15, 0.2) is 33.8 Å². The second-order valence-electron chi connectivity index (χ2n) is 3.88. The zero-order valence-electron chi connectivity index (χ0n) is 10.3. The molecule has 0 atom stereocenters. The number of aromatic nitrogens is 4. The van der Waals surface area contributed by atoms with Gasteiger partial charge in [0, 0.05) is 0 Å². The van der Waals surface area contributed by atoms with Crippen molar-refractivity contribution in [2.24, 2.45) is 0 Å². The number of aryl methyl sites for hydroxylation is 1. The summed E-state index contributed by atoms with van der Waals surface area (Å²) in [4.78, 5) is 19.8. The van der Waals surface area contributed by atoms with E-state index in [2.05, 4.69) is 20.2 Å². The van der Waals surface area contributed by atoms with Crippen molar-refractivity contribution >= 4 is 40.1 Å². The van der Waals surface area contributed by atoms with Crippen LogP contribution in [0.4, 0.5) is 0 Å². The van der Waals surface area contributed by atoms with Crippen molar-refractivity contribution in [2.45, 2.75) is 16.4 Å². The summed E-state index contributed by atoms with van der Waals surface area (Å²) >= 11 is 2.33. The lowest BCUT2D eigenvalue weighted by atomic mass is 10.3. The number of carboxylic acid groups (broad SMARTS) is 1. The Labute approximate surface area is 121 Å². The number of hydrogen-bond acceptors (Lipinski definition) is 7. The summed E-state index contributed by atoms with van der Waals surface area (Å²) in [6.45, 7) is 1.67. The van der Waals surface area contributed by atoms with Crippen molar-refractivity contribution in [3.05, 3.63) is 34.8 Å². The van der Waals surface area contributed by atoms with Gasteiger partial charge in [-0.15, -0.1) is 10.2 Å². The maximum absolute atomic E-state index is 11.0. The Bertz CT molecular complexity index is 803. The van der Waals surface area contributed by atoms with E-state index >= 15 is 0 Å². The maximum Gasteiger partial charge on any atom is 0.347 e. The zero-order chi connectivity index (χ0) is 14.1. The lowest BCUT2D eigenvalue weighted by molar-refractivity contribution is 0.0701. The fraction of sp³-hybridized carbons (Fsp3) is 0.0833. The summed E-state index contributed by atoms with van der Waals surface area (Å²) < 4.78 is 0.594. The normalized spacial score (nSPS) is 10.8. The first-order valence-electron chi connectivity index (χ1n) is 5.61. The molecule has 20 heavy (non-hydrogen) atoms. The molecule has 0 saturated heterocycles. The number of carboxylic acids is 1. The average molecular weight is 304 g/mol. The topological polar surface area (TPSA) is 88.9 Å². The van der Waals surface area contributed by atoms with Gasteiger partial charge in [0.25, 0.3) is 0 Å². The summed E-state index contributed by atoms with van der Waals surface area (Å²) in [5.41, 5.74) is 1.97. The van der Waals surface area contributed by atoms with Gasteiger partial charge in [-0.05, 0) is 30.8 Å². The van der Waals surface area contributed by atoms with Gasteiger partial charge in [-0.2, -0.15) is 0 Å². The van der Waals surface area contributed by atoms with Crippen LogP contribution in [0, 0.1) is 6.92 Å². The highest BCUT2D eigenvalue weighted by molar-refractivity contribution is 8.00. The number of fused-ring (bicyclic) bond motifs is 1. The molecule has 1 N–H and O–H groups in total. The van der Waals surface area contributed by atoms with Crippen molar-refractivity contribution in [3.8, 4) is 0 Å². The van der Waals surface area contributed by atoms with E-state index in [9.17, 15) is 4.79 Å². The van der Waals surface area contributed by atoms with Crippen LogP contribution in [-0.4, -0.2) is 31.2 Å². The third-order valence-corrected chi connectivity index (χ3v) is 4.55. The molecule has 0 unspecified atom stereocenters. The van der Waals surface area contributed by atoms with Crippen LogP contribution in [-0.2, 0) is 0 Å². The third-order valence-electron chi connectivity index (χ3n) is 2.49. The lowest BCUT2D eigenvalue weighted by Crippen LogP contribution is -1.94. The number of benzene rings is 1. The molecule has 0 amide bonds. The SMILES string of the molecule is Cc1nc(Sc2nnc3ccccc3n2)sc1C(=O)O. The minimum absolute atomic E-state index is 0.237. The van der Waals surface area contributed by atoms with Crippen molar-refractivity contribution < 1.29 is 9.90 Å². The molecule has 0 saturated carbocycles. The minimum atomic E-state index is -0.968. The average Bonchev–Trinajstić information content (AvgIpc) is 2.79. The van der Waals surface area contributed by atoms with Crippen LogP contribution in [0.2, 0.25) is 0 Å². The largest absolute Gasteiger partial charge is 0.477 e.